The van der Waals surface area contributed by atoms with Crippen LogP contribution in [0, 0.1) is 0 Å². The minimum Gasteiger partial charge on any atom is -0.454 e. The third-order valence-corrected chi connectivity index (χ3v) is 2.81. The minimum absolute atomic E-state index is 0.141. The zero-order chi connectivity index (χ0) is 12.3. The van der Waals surface area contributed by atoms with Crippen molar-refractivity contribution in [2.75, 3.05) is 13.2 Å². The molecule has 2 heterocycles. The van der Waals surface area contributed by atoms with Crippen molar-refractivity contribution in [3.63, 3.8) is 0 Å². The van der Waals surface area contributed by atoms with Crippen molar-refractivity contribution in [1.29, 1.82) is 0 Å². The summed E-state index contributed by atoms with van der Waals surface area (Å²) < 4.78 is 10.8. The number of nitrogens with two attached hydrogens (primary N) is 1. The van der Waals surface area contributed by atoms with Crippen LogP contribution in [0.5, 0.6) is 0 Å². The molecule has 2 atom stereocenters. The number of furan rings is 1. The van der Waals surface area contributed by atoms with Crippen molar-refractivity contribution in [3.8, 4) is 0 Å². The first-order valence-corrected chi connectivity index (χ1v) is 5.92. The van der Waals surface area contributed by atoms with Crippen molar-refractivity contribution < 1.29 is 13.9 Å². The summed E-state index contributed by atoms with van der Waals surface area (Å²) in [6, 6.07) is 3.17. The lowest BCUT2D eigenvalue weighted by Crippen LogP contribution is -2.31. The summed E-state index contributed by atoms with van der Waals surface area (Å²) in [5.41, 5.74) is 5.66. The normalized spacial score (nSPS) is 21.4. The Kier molecular flexibility index (Phi) is 3.81. The smallest absolute Gasteiger partial charge is 0.287 e. The topological polar surface area (TPSA) is 77.5 Å². The van der Waals surface area contributed by atoms with Crippen molar-refractivity contribution in [2.24, 2.45) is 5.73 Å². The van der Waals surface area contributed by atoms with Crippen LogP contribution in [0.1, 0.15) is 42.1 Å². The van der Waals surface area contributed by atoms with Gasteiger partial charge in [0.05, 0.1) is 12.1 Å². The van der Waals surface area contributed by atoms with Gasteiger partial charge >= 0.3 is 0 Å². The third-order valence-electron chi connectivity index (χ3n) is 2.81. The van der Waals surface area contributed by atoms with Gasteiger partial charge in [-0.05, 0) is 31.9 Å². The van der Waals surface area contributed by atoms with E-state index < -0.39 is 0 Å². The maximum absolute atomic E-state index is 11.7. The van der Waals surface area contributed by atoms with Crippen LogP contribution in [0.15, 0.2) is 16.5 Å². The molecule has 1 aliphatic rings. The Bertz CT molecular complexity index is 381. The summed E-state index contributed by atoms with van der Waals surface area (Å²) in [7, 11) is 0. The van der Waals surface area contributed by atoms with Crippen LogP contribution in [0.3, 0.4) is 0 Å². The quantitative estimate of drug-likeness (QED) is 0.826. The molecule has 2 unspecified atom stereocenters. The van der Waals surface area contributed by atoms with E-state index in [9.17, 15) is 4.79 Å². The molecule has 1 aromatic heterocycles. The largest absolute Gasteiger partial charge is 0.454 e. The maximum Gasteiger partial charge on any atom is 0.287 e. The number of rotatable bonds is 4. The number of carbonyl (C=O) groups is 1. The van der Waals surface area contributed by atoms with E-state index in [1.807, 2.05) is 6.92 Å². The second-order valence-corrected chi connectivity index (χ2v) is 4.34. The standard InChI is InChI=1S/C12H18N2O3/c1-8(13)10-4-5-11(17-10)12(15)14-7-9-3-2-6-16-9/h4-5,8-9H,2-3,6-7,13H2,1H3,(H,14,15). The van der Waals surface area contributed by atoms with Crippen molar-refractivity contribution in [3.05, 3.63) is 23.7 Å². The third kappa shape index (κ3) is 3.08. The van der Waals surface area contributed by atoms with Gasteiger partial charge in [0.15, 0.2) is 5.76 Å². The summed E-state index contributed by atoms with van der Waals surface area (Å²) in [5.74, 6) is 0.704. The average Bonchev–Trinajstić information content (AvgIpc) is 2.96. The number of amides is 1. The van der Waals surface area contributed by atoms with Crippen LogP contribution in [0.25, 0.3) is 0 Å². The van der Waals surface area contributed by atoms with Gasteiger partial charge in [0.2, 0.25) is 0 Å². The minimum atomic E-state index is -0.215. The first-order valence-electron chi connectivity index (χ1n) is 5.92. The Labute approximate surface area is 100 Å². The second-order valence-electron chi connectivity index (χ2n) is 4.34. The van der Waals surface area contributed by atoms with Gasteiger partial charge in [0, 0.05) is 13.2 Å². The van der Waals surface area contributed by atoms with E-state index in [-0.39, 0.29) is 18.1 Å². The van der Waals surface area contributed by atoms with Crippen LogP contribution in [0.4, 0.5) is 0 Å². The molecule has 94 valence electrons. The second kappa shape index (κ2) is 5.33. The predicted octanol–water partition coefficient (Wildman–Crippen LogP) is 1.21. The van der Waals surface area contributed by atoms with E-state index in [4.69, 9.17) is 14.9 Å². The Morgan fingerprint density at radius 2 is 2.47 bits per heavy atom. The number of hydrogen-bond acceptors (Lipinski definition) is 4. The summed E-state index contributed by atoms with van der Waals surface area (Å²) in [6.45, 7) is 3.13. The fourth-order valence-corrected chi connectivity index (χ4v) is 1.82. The molecule has 1 aromatic rings. The Morgan fingerprint density at radius 1 is 1.65 bits per heavy atom. The molecule has 1 aliphatic heterocycles. The van der Waals surface area contributed by atoms with Crippen LogP contribution in [-0.4, -0.2) is 25.2 Å². The number of nitrogens with one attached hydrogen (secondary N) is 1. The SMILES string of the molecule is CC(N)c1ccc(C(=O)NCC2CCCO2)o1. The molecule has 0 spiro atoms. The molecule has 0 radical (unpaired) electrons. The first kappa shape index (κ1) is 12.1. The Balaban J connectivity index is 1.85. The molecular weight excluding hydrogens is 220 g/mol. The lowest BCUT2D eigenvalue weighted by molar-refractivity contribution is 0.0833. The molecule has 1 saturated heterocycles. The lowest BCUT2D eigenvalue weighted by Gasteiger charge is -2.09. The number of hydrogen-bond donors (Lipinski definition) is 2. The Hall–Kier alpha value is -1.33. The van der Waals surface area contributed by atoms with Crippen LogP contribution in [0.2, 0.25) is 0 Å². The average molecular weight is 238 g/mol. The van der Waals surface area contributed by atoms with E-state index >= 15 is 0 Å². The zero-order valence-corrected chi connectivity index (χ0v) is 9.94. The molecule has 0 saturated carbocycles. The van der Waals surface area contributed by atoms with Crippen molar-refractivity contribution in [2.45, 2.75) is 31.9 Å². The zero-order valence-electron chi connectivity index (χ0n) is 9.94. The molecule has 5 nitrogen and oxygen atoms in total. The number of ether oxygens (including phenoxy) is 1. The molecular formula is C12H18N2O3. The lowest BCUT2D eigenvalue weighted by atomic mass is 10.2. The molecule has 1 fully saturated rings. The van der Waals surface area contributed by atoms with E-state index in [1.54, 1.807) is 12.1 Å². The van der Waals surface area contributed by atoms with Crippen molar-refractivity contribution in [1.82, 2.24) is 5.32 Å². The number of carbonyl (C=O) groups excluding carboxylic acids is 1. The van der Waals surface area contributed by atoms with Crippen LogP contribution in [-0.2, 0) is 4.74 Å². The highest BCUT2D eigenvalue weighted by Crippen LogP contribution is 2.14. The van der Waals surface area contributed by atoms with Gasteiger partial charge in [-0.1, -0.05) is 0 Å². The molecule has 0 aliphatic carbocycles. The fourth-order valence-electron chi connectivity index (χ4n) is 1.82. The summed E-state index contributed by atoms with van der Waals surface area (Å²) >= 11 is 0. The monoisotopic (exact) mass is 238 g/mol. The van der Waals surface area contributed by atoms with E-state index in [0.717, 1.165) is 19.4 Å². The highest BCUT2D eigenvalue weighted by atomic mass is 16.5. The maximum atomic E-state index is 11.7. The molecule has 17 heavy (non-hydrogen) atoms. The van der Waals surface area contributed by atoms with E-state index in [1.165, 1.54) is 0 Å². The van der Waals surface area contributed by atoms with Gasteiger partial charge in [-0.3, -0.25) is 4.79 Å². The van der Waals surface area contributed by atoms with Crippen LogP contribution >= 0.6 is 0 Å². The molecule has 2 rings (SSSR count). The van der Waals surface area contributed by atoms with Gasteiger partial charge in [-0.2, -0.15) is 0 Å². The van der Waals surface area contributed by atoms with Gasteiger partial charge in [-0.15, -0.1) is 0 Å². The molecule has 1 amide bonds. The molecule has 5 heteroatoms. The first-order chi connectivity index (χ1) is 8.16. The predicted molar refractivity (Wildman–Crippen MR) is 62.6 cm³/mol. The highest BCUT2D eigenvalue weighted by molar-refractivity contribution is 5.91. The van der Waals surface area contributed by atoms with Gasteiger partial charge in [0.25, 0.3) is 5.91 Å². The summed E-state index contributed by atoms with van der Waals surface area (Å²) in [6.07, 6.45) is 2.21. The molecule has 0 aromatic carbocycles. The van der Waals surface area contributed by atoms with Gasteiger partial charge in [0.1, 0.15) is 5.76 Å². The van der Waals surface area contributed by atoms with Crippen LogP contribution < -0.4 is 11.1 Å². The van der Waals surface area contributed by atoms with Gasteiger partial charge < -0.3 is 20.2 Å². The fraction of sp³-hybridized carbons (Fsp3) is 0.583. The summed E-state index contributed by atoms with van der Waals surface area (Å²) in [5, 5.41) is 2.79. The van der Waals surface area contributed by atoms with Gasteiger partial charge in [-0.25, -0.2) is 0 Å². The van der Waals surface area contributed by atoms with E-state index in [0.29, 0.717) is 18.1 Å². The molecule has 3 N–H and O–H groups in total. The summed E-state index contributed by atoms with van der Waals surface area (Å²) in [4.78, 5) is 11.7. The van der Waals surface area contributed by atoms with Crippen molar-refractivity contribution >= 4 is 5.91 Å². The molecule has 0 bridgehead atoms. The van der Waals surface area contributed by atoms with E-state index in [2.05, 4.69) is 5.32 Å². The highest BCUT2D eigenvalue weighted by Gasteiger charge is 2.18. The Morgan fingerprint density at radius 3 is 3.06 bits per heavy atom.